The molecule has 98 valence electrons. The Morgan fingerprint density at radius 3 is 2.72 bits per heavy atom. The number of hydrogen-bond acceptors (Lipinski definition) is 3. The van der Waals surface area contributed by atoms with Crippen LogP contribution in [0.3, 0.4) is 0 Å². The molecule has 1 amide bonds. The molecule has 2 N–H and O–H groups in total. The molecule has 1 fully saturated rings. The van der Waals surface area contributed by atoms with Gasteiger partial charge in [0.1, 0.15) is 11.3 Å². The molecule has 0 aromatic carbocycles. The lowest BCUT2D eigenvalue weighted by Gasteiger charge is -2.13. The van der Waals surface area contributed by atoms with Crippen LogP contribution in [0.2, 0.25) is 0 Å². The number of carboxylic acid groups (broad SMARTS) is 1. The minimum Gasteiger partial charge on any atom is -0.478 e. The quantitative estimate of drug-likeness (QED) is 0.844. The van der Waals surface area contributed by atoms with Crippen LogP contribution in [-0.4, -0.2) is 32.8 Å². The smallest absolute Gasteiger partial charge is 0.339 e. The Balaban J connectivity index is 2.21. The van der Waals surface area contributed by atoms with E-state index in [1.165, 1.54) is 10.9 Å². The standard InChI is InChI=1S/C12H17N3O3/c1-2-15-10(9(7-13-15)12(17)18)11(16)14-8-5-3-4-6-8/h7-8H,2-6H2,1H3,(H,14,16)(H,17,18). The molecule has 1 heterocycles. The lowest BCUT2D eigenvalue weighted by atomic mass is 10.2. The number of carbonyl (C=O) groups is 2. The van der Waals surface area contributed by atoms with E-state index in [0.29, 0.717) is 6.54 Å². The van der Waals surface area contributed by atoms with E-state index in [9.17, 15) is 9.59 Å². The number of aromatic carboxylic acids is 1. The Morgan fingerprint density at radius 1 is 1.50 bits per heavy atom. The van der Waals surface area contributed by atoms with Gasteiger partial charge in [0.25, 0.3) is 5.91 Å². The largest absolute Gasteiger partial charge is 0.478 e. The molecule has 1 saturated carbocycles. The Labute approximate surface area is 105 Å². The van der Waals surface area contributed by atoms with Gasteiger partial charge >= 0.3 is 5.97 Å². The van der Waals surface area contributed by atoms with E-state index >= 15 is 0 Å². The fraction of sp³-hybridized carbons (Fsp3) is 0.583. The second kappa shape index (κ2) is 5.20. The predicted molar refractivity (Wildman–Crippen MR) is 64.6 cm³/mol. The van der Waals surface area contributed by atoms with Gasteiger partial charge in [-0.2, -0.15) is 5.10 Å². The van der Waals surface area contributed by atoms with Crippen LogP contribution in [0.15, 0.2) is 6.20 Å². The SMILES string of the molecule is CCn1ncc(C(=O)O)c1C(=O)NC1CCCC1. The van der Waals surface area contributed by atoms with Crippen LogP contribution < -0.4 is 5.32 Å². The van der Waals surface area contributed by atoms with E-state index in [4.69, 9.17) is 5.11 Å². The highest BCUT2D eigenvalue weighted by Gasteiger charge is 2.25. The monoisotopic (exact) mass is 251 g/mol. The Morgan fingerprint density at radius 2 is 2.17 bits per heavy atom. The zero-order chi connectivity index (χ0) is 13.1. The summed E-state index contributed by atoms with van der Waals surface area (Å²) in [7, 11) is 0. The lowest BCUT2D eigenvalue weighted by Crippen LogP contribution is -2.35. The van der Waals surface area contributed by atoms with Gasteiger partial charge in [-0.05, 0) is 19.8 Å². The molecule has 0 spiro atoms. The van der Waals surface area contributed by atoms with Crippen LogP contribution in [-0.2, 0) is 6.54 Å². The number of rotatable bonds is 4. The first-order chi connectivity index (χ1) is 8.63. The number of carboxylic acids is 1. The van der Waals surface area contributed by atoms with Gasteiger partial charge in [-0.15, -0.1) is 0 Å². The Bertz CT molecular complexity index is 461. The van der Waals surface area contributed by atoms with Crippen molar-refractivity contribution >= 4 is 11.9 Å². The second-order valence-electron chi connectivity index (χ2n) is 4.48. The molecular weight excluding hydrogens is 234 g/mol. The maximum absolute atomic E-state index is 12.1. The maximum atomic E-state index is 12.1. The van der Waals surface area contributed by atoms with E-state index in [-0.39, 0.29) is 23.2 Å². The van der Waals surface area contributed by atoms with Crippen molar-refractivity contribution in [3.05, 3.63) is 17.5 Å². The van der Waals surface area contributed by atoms with Crippen LogP contribution in [0.1, 0.15) is 53.5 Å². The average molecular weight is 251 g/mol. The third-order valence-corrected chi connectivity index (χ3v) is 3.27. The Kier molecular flexibility index (Phi) is 3.64. The van der Waals surface area contributed by atoms with Crippen molar-refractivity contribution in [2.24, 2.45) is 0 Å². The zero-order valence-electron chi connectivity index (χ0n) is 10.3. The number of nitrogens with zero attached hydrogens (tertiary/aromatic N) is 2. The summed E-state index contributed by atoms with van der Waals surface area (Å²) in [5.41, 5.74) is 0.115. The van der Waals surface area contributed by atoms with Crippen LogP contribution >= 0.6 is 0 Å². The van der Waals surface area contributed by atoms with Crippen molar-refractivity contribution in [2.45, 2.75) is 45.2 Å². The summed E-state index contributed by atoms with van der Waals surface area (Å²) in [6.07, 6.45) is 5.39. The first kappa shape index (κ1) is 12.6. The molecule has 0 bridgehead atoms. The molecule has 2 rings (SSSR count). The summed E-state index contributed by atoms with van der Waals surface area (Å²) in [6.45, 7) is 2.30. The summed E-state index contributed by atoms with van der Waals surface area (Å²) in [5, 5.41) is 15.9. The van der Waals surface area contributed by atoms with E-state index < -0.39 is 5.97 Å². The third kappa shape index (κ3) is 2.37. The van der Waals surface area contributed by atoms with Gasteiger partial charge in [0.05, 0.1) is 6.20 Å². The summed E-state index contributed by atoms with van der Waals surface area (Å²) in [4.78, 5) is 23.2. The van der Waals surface area contributed by atoms with E-state index in [1.807, 2.05) is 6.92 Å². The summed E-state index contributed by atoms with van der Waals surface area (Å²) in [5.74, 6) is -1.45. The molecule has 0 aliphatic heterocycles. The van der Waals surface area contributed by atoms with E-state index in [0.717, 1.165) is 25.7 Å². The predicted octanol–water partition coefficient (Wildman–Crippen LogP) is 1.27. The molecule has 0 atom stereocenters. The number of hydrogen-bond donors (Lipinski definition) is 2. The van der Waals surface area contributed by atoms with Crippen LogP contribution in [0.5, 0.6) is 0 Å². The van der Waals surface area contributed by atoms with E-state index in [2.05, 4.69) is 10.4 Å². The van der Waals surface area contributed by atoms with Gasteiger partial charge in [0, 0.05) is 12.6 Å². The van der Waals surface area contributed by atoms with Gasteiger partial charge in [-0.1, -0.05) is 12.8 Å². The minimum absolute atomic E-state index is 0.0349. The van der Waals surface area contributed by atoms with E-state index in [1.54, 1.807) is 0 Å². The topological polar surface area (TPSA) is 84.2 Å². The molecule has 1 aliphatic rings. The highest BCUT2D eigenvalue weighted by atomic mass is 16.4. The van der Waals surface area contributed by atoms with Crippen LogP contribution in [0.4, 0.5) is 0 Å². The molecule has 1 aliphatic carbocycles. The van der Waals surface area contributed by atoms with Crippen molar-refractivity contribution in [3.63, 3.8) is 0 Å². The molecule has 0 radical (unpaired) electrons. The molecule has 0 unspecified atom stereocenters. The molecule has 6 heteroatoms. The van der Waals surface area contributed by atoms with Gasteiger partial charge in [-0.3, -0.25) is 9.48 Å². The number of nitrogens with one attached hydrogen (secondary N) is 1. The maximum Gasteiger partial charge on any atom is 0.339 e. The number of aromatic nitrogens is 2. The summed E-state index contributed by atoms with van der Waals surface area (Å²) >= 11 is 0. The molecule has 1 aromatic rings. The van der Waals surface area contributed by atoms with Crippen molar-refractivity contribution in [2.75, 3.05) is 0 Å². The third-order valence-electron chi connectivity index (χ3n) is 3.27. The fourth-order valence-corrected chi connectivity index (χ4v) is 2.35. The molecular formula is C12H17N3O3. The molecule has 18 heavy (non-hydrogen) atoms. The van der Waals surface area contributed by atoms with Crippen molar-refractivity contribution in [3.8, 4) is 0 Å². The number of carbonyl (C=O) groups excluding carboxylic acids is 1. The second-order valence-corrected chi connectivity index (χ2v) is 4.48. The summed E-state index contributed by atoms with van der Waals surface area (Å²) in [6, 6.07) is 0.166. The normalized spacial score (nSPS) is 15.8. The van der Waals surface area contributed by atoms with Crippen molar-refractivity contribution < 1.29 is 14.7 Å². The molecule has 6 nitrogen and oxygen atoms in total. The zero-order valence-corrected chi connectivity index (χ0v) is 10.3. The summed E-state index contributed by atoms with van der Waals surface area (Å²) < 4.78 is 1.42. The van der Waals surface area contributed by atoms with Gasteiger partial charge < -0.3 is 10.4 Å². The lowest BCUT2D eigenvalue weighted by molar-refractivity contribution is 0.0690. The first-order valence-corrected chi connectivity index (χ1v) is 6.23. The van der Waals surface area contributed by atoms with Gasteiger partial charge in [0.2, 0.25) is 0 Å². The van der Waals surface area contributed by atoms with Gasteiger partial charge in [-0.25, -0.2) is 4.79 Å². The highest BCUT2D eigenvalue weighted by Crippen LogP contribution is 2.18. The average Bonchev–Trinajstić information content (AvgIpc) is 2.95. The molecule has 1 aromatic heterocycles. The minimum atomic E-state index is -1.12. The van der Waals surface area contributed by atoms with Crippen molar-refractivity contribution in [1.82, 2.24) is 15.1 Å². The molecule has 0 saturated heterocycles. The highest BCUT2D eigenvalue weighted by molar-refractivity contribution is 6.03. The number of amides is 1. The van der Waals surface area contributed by atoms with Gasteiger partial charge in [0.15, 0.2) is 0 Å². The number of aryl methyl sites for hydroxylation is 1. The van der Waals surface area contributed by atoms with Crippen LogP contribution in [0.25, 0.3) is 0 Å². The van der Waals surface area contributed by atoms with Crippen LogP contribution in [0, 0.1) is 0 Å². The first-order valence-electron chi connectivity index (χ1n) is 6.23. The fourth-order valence-electron chi connectivity index (χ4n) is 2.35. The Hall–Kier alpha value is -1.85. The van der Waals surface area contributed by atoms with Crippen molar-refractivity contribution in [1.29, 1.82) is 0 Å².